The van der Waals surface area contributed by atoms with Crippen molar-refractivity contribution >= 4 is 45.4 Å². The molecule has 0 saturated carbocycles. The number of rotatable bonds is 4. The van der Waals surface area contributed by atoms with Gasteiger partial charge in [-0.3, -0.25) is 9.69 Å². The first-order chi connectivity index (χ1) is 11.2. The van der Waals surface area contributed by atoms with E-state index in [1.807, 2.05) is 42.6 Å². The number of aliphatic imine (C=N–C) groups is 1. The van der Waals surface area contributed by atoms with Crippen molar-refractivity contribution in [1.29, 1.82) is 0 Å². The van der Waals surface area contributed by atoms with Crippen LogP contribution in [0.3, 0.4) is 0 Å². The van der Waals surface area contributed by atoms with E-state index >= 15 is 0 Å². The zero-order chi connectivity index (χ0) is 16.2. The van der Waals surface area contributed by atoms with Gasteiger partial charge in [0.15, 0.2) is 5.17 Å². The minimum absolute atomic E-state index is 0.0502. The lowest BCUT2D eigenvalue weighted by molar-refractivity contribution is -0.121. The molecule has 0 atom stereocenters. The summed E-state index contributed by atoms with van der Waals surface area (Å²) in [6.07, 6.45) is 5.30. The van der Waals surface area contributed by atoms with Crippen molar-refractivity contribution in [2.45, 2.75) is 6.92 Å². The van der Waals surface area contributed by atoms with Crippen molar-refractivity contribution in [3.8, 4) is 0 Å². The predicted molar refractivity (Wildman–Crippen MR) is 97.9 cm³/mol. The summed E-state index contributed by atoms with van der Waals surface area (Å²) in [5, 5.41) is 3.15. The third kappa shape index (κ3) is 3.60. The maximum absolute atomic E-state index is 12.6. The molecule has 0 aliphatic carbocycles. The topological polar surface area (TPSA) is 45.6 Å². The Morgan fingerprint density at radius 2 is 2.13 bits per heavy atom. The number of amidine groups is 1. The molecule has 3 rings (SSSR count). The highest BCUT2D eigenvalue weighted by Gasteiger charge is 2.32. The number of thiazole rings is 1. The summed E-state index contributed by atoms with van der Waals surface area (Å²) in [5.41, 5.74) is 2.19. The molecule has 4 nitrogen and oxygen atoms in total. The molecule has 0 unspecified atom stereocenters. The summed E-state index contributed by atoms with van der Waals surface area (Å²) in [5.74, 6) is -0.0502. The molecule has 2 heterocycles. The molecule has 1 aromatic carbocycles. The highest BCUT2D eigenvalue weighted by molar-refractivity contribution is 8.18. The van der Waals surface area contributed by atoms with Gasteiger partial charge in [0, 0.05) is 18.1 Å². The normalized spacial score (nSPS) is 18.1. The van der Waals surface area contributed by atoms with Crippen LogP contribution in [0, 0.1) is 6.92 Å². The standard InChI is InChI=1S/C17H15N3OS2/c1-3-9-20-15(21)14(11-13-6-4-12(2)5-7-13)23-17(20)19-16-18-8-10-22-16/h3-8,10-11H,1,9H2,2H3/b14-11-,19-17+. The molecule has 1 fully saturated rings. The van der Waals surface area contributed by atoms with E-state index in [9.17, 15) is 4.79 Å². The number of carbonyl (C=O) groups excluding carboxylic acids is 1. The average Bonchev–Trinajstić information content (AvgIpc) is 3.14. The lowest BCUT2D eigenvalue weighted by atomic mass is 10.1. The first-order valence-electron chi connectivity index (χ1n) is 7.04. The molecular weight excluding hydrogens is 326 g/mol. The van der Waals surface area contributed by atoms with Crippen LogP contribution < -0.4 is 0 Å². The zero-order valence-corrected chi connectivity index (χ0v) is 14.2. The van der Waals surface area contributed by atoms with Gasteiger partial charge in [0.1, 0.15) is 0 Å². The van der Waals surface area contributed by atoms with Crippen molar-refractivity contribution < 1.29 is 4.79 Å². The fraction of sp³-hybridized carbons (Fsp3) is 0.118. The number of nitrogens with zero attached hydrogens (tertiary/aromatic N) is 3. The second-order valence-electron chi connectivity index (χ2n) is 4.93. The summed E-state index contributed by atoms with van der Waals surface area (Å²) in [7, 11) is 0. The third-order valence-electron chi connectivity index (χ3n) is 3.19. The number of hydrogen-bond acceptors (Lipinski definition) is 5. The lowest BCUT2D eigenvalue weighted by Crippen LogP contribution is -2.29. The Morgan fingerprint density at radius 3 is 2.78 bits per heavy atom. The van der Waals surface area contributed by atoms with Gasteiger partial charge in [-0.05, 0) is 30.3 Å². The Bertz CT molecular complexity index is 777. The maximum atomic E-state index is 12.6. The summed E-state index contributed by atoms with van der Waals surface area (Å²) < 4.78 is 0. The molecular formula is C17H15N3OS2. The molecule has 23 heavy (non-hydrogen) atoms. The van der Waals surface area contributed by atoms with Gasteiger partial charge in [-0.25, -0.2) is 4.98 Å². The number of thioether (sulfide) groups is 1. The molecule has 2 aromatic rings. The summed E-state index contributed by atoms with van der Waals surface area (Å²) in [6, 6.07) is 8.07. The number of carbonyl (C=O) groups is 1. The van der Waals surface area contributed by atoms with Gasteiger partial charge in [-0.2, -0.15) is 4.99 Å². The number of aryl methyl sites for hydroxylation is 1. The van der Waals surface area contributed by atoms with E-state index in [2.05, 4.69) is 16.6 Å². The van der Waals surface area contributed by atoms with Gasteiger partial charge in [-0.15, -0.1) is 17.9 Å². The third-order valence-corrected chi connectivity index (χ3v) is 4.86. The van der Waals surface area contributed by atoms with Crippen LogP contribution in [-0.2, 0) is 4.79 Å². The quantitative estimate of drug-likeness (QED) is 0.617. The Hall–Kier alpha value is -2.18. The van der Waals surface area contributed by atoms with Crippen LogP contribution in [0.15, 0.2) is 58.4 Å². The fourth-order valence-electron chi connectivity index (χ4n) is 2.05. The SMILES string of the molecule is C=CCN1C(=O)/C(=C/c2ccc(C)cc2)S/C1=N/c1nccs1. The molecule has 0 spiro atoms. The van der Waals surface area contributed by atoms with Crippen molar-refractivity contribution in [3.63, 3.8) is 0 Å². The van der Waals surface area contributed by atoms with E-state index in [0.29, 0.717) is 21.7 Å². The average molecular weight is 341 g/mol. The van der Waals surface area contributed by atoms with Crippen molar-refractivity contribution in [1.82, 2.24) is 9.88 Å². The van der Waals surface area contributed by atoms with Gasteiger partial charge in [-0.1, -0.05) is 35.9 Å². The molecule has 6 heteroatoms. The van der Waals surface area contributed by atoms with E-state index in [1.54, 1.807) is 17.2 Å². The minimum atomic E-state index is -0.0502. The largest absolute Gasteiger partial charge is 0.282 e. The molecule has 1 saturated heterocycles. The van der Waals surface area contributed by atoms with Gasteiger partial charge < -0.3 is 0 Å². The Morgan fingerprint density at radius 1 is 1.35 bits per heavy atom. The molecule has 1 amide bonds. The van der Waals surface area contributed by atoms with E-state index in [1.165, 1.54) is 28.7 Å². The summed E-state index contributed by atoms with van der Waals surface area (Å²) >= 11 is 2.81. The van der Waals surface area contributed by atoms with Gasteiger partial charge in [0.2, 0.25) is 5.13 Å². The van der Waals surface area contributed by atoms with Crippen LogP contribution in [0.4, 0.5) is 5.13 Å². The highest BCUT2D eigenvalue weighted by atomic mass is 32.2. The molecule has 0 bridgehead atoms. The van der Waals surface area contributed by atoms with E-state index in [4.69, 9.17) is 0 Å². The van der Waals surface area contributed by atoms with Crippen molar-refractivity contribution in [3.05, 3.63) is 64.5 Å². The maximum Gasteiger partial charge on any atom is 0.267 e. The van der Waals surface area contributed by atoms with Crippen LogP contribution in [0.2, 0.25) is 0 Å². The second kappa shape index (κ2) is 6.93. The van der Waals surface area contributed by atoms with E-state index in [0.717, 1.165) is 5.56 Å². The lowest BCUT2D eigenvalue weighted by Gasteiger charge is -2.11. The van der Waals surface area contributed by atoms with Crippen LogP contribution >= 0.6 is 23.1 Å². The second-order valence-corrected chi connectivity index (χ2v) is 6.82. The monoisotopic (exact) mass is 341 g/mol. The van der Waals surface area contributed by atoms with Crippen LogP contribution in [-0.4, -0.2) is 27.5 Å². The molecule has 1 aromatic heterocycles. The Balaban J connectivity index is 1.92. The Kier molecular flexibility index (Phi) is 4.73. The molecule has 1 aliphatic heterocycles. The fourth-order valence-corrected chi connectivity index (χ4v) is 3.60. The summed E-state index contributed by atoms with van der Waals surface area (Å²) in [4.78, 5) is 23.5. The van der Waals surface area contributed by atoms with Crippen LogP contribution in [0.1, 0.15) is 11.1 Å². The molecule has 0 radical (unpaired) electrons. The van der Waals surface area contributed by atoms with E-state index in [-0.39, 0.29) is 5.91 Å². The van der Waals surface area contributed by atoms with E-state index < -0.39 is 0 Å². The van der Waals surface area contributed by atoms with Crippen LogP contribution in [0.25, 0.3) is 6.08 Å². The number of aromatic nitrogens is 1. The number of benzene rings is 1. The van der Waals surface area contributed by atoms with Crippen molar-refractivity contribution in [2.75, 3.05) is 6.54 Å². The van der Waals surface area contributed by atoms with Gasteiger partial charge >= 0.3 is 0 Å². The minimum Gasteiger partial charge on any atom is -0.282 e. The highest BCUT2D eigenvalue weighted by Crippen LogP contribution is 2.34. The first kappa shape index (κ1) is 15.7. The van der Waals surface area contributed by atoms with Gasteiger partial charge in [0.25, 0.3) is 5.91 Å². The molecule has 1 aliphatic rings. The van der Waals surface area contributed by atoms with Crippen LogP contribution in [0.5, 0.6) is 0 Å². The predicted octanol–water partition coefficient (Wildman–Crippen LogP) is 4.24. The molecule has 116 valence electrons. The molecule has 0 N–H and O–H groups in total. The number of amides is 1. The summed E-state index contributed by atoms with van der Waals surface area (Å²) in [6.45, 7) is 6.19. The van der Waals surface area contributed by atoms with Gasteiger partial charge in [0.05, 0.1) is 4.91 Å². The zero-order valence-electron chi connectivity index (χ0n) is 12.6. The first-order valence-corrected chi connectivity index (χ1v) is 8.74. The smallest absolute Gasteiger partial charge is 0.267 e. The Labute approximate surface area is 143 Å². The number of hydrogen-bond donors (Lipinski definition) is 0. The van der Waals surface area contributed by atoms with Crippen molar-refractivity contribution in [2.24, 2.45) is 4.99 Å².